The number of benzene rings is 1. The van der Waals surface area contributed by atoms with E-state index in [2.05, 4.69) is 30.8 Å². The predicted molar refractivity (Wildman–Crippen MR) is 103 cm³/mol. The van der Waals surface area contributed by atoms with Crippen LogP contribution in [0.25, 0.3) is 5.69 Å². The Labute approximate surface area is 156 Å². The van der Waals surface area contributed by atoms with Crippen molar-refractivity contribution in [3.63, 3.8) is 0 Å². The summed E-state index contributed by atoms with van der Waals surface area (Å²) in [5.74, 6) is 0. The van der Waals surface area contributed by atoms with Crippen LogP contribution < -0.4 is 0 Å². The first-order valence-electron chi connectivity index (χ1n) is 9.21. The molecule has 1 aromatic carbocycles. The van der Waals surface area contributed by atoms with Crippen LogP contribution in [-0.4, -0.2) is 59.1 Å². The molecule has 0 bridgehead atoms. The number of hydrogen-bond acceptors (Lipinski definition) is 4. The standard InChI is InChI=1S/C19H28N4O2S/c1-5-17-14-21(11-12-22(17)15(2)3)26(24,25)19-13-18(8-7-16(19)4)23-10-6-9-20-23/h6-10,13,15,17H,5,11-12,14H2,1-4H3. The number of nitrogens with zero attached hydrogens (tertiary/aromatic N) is 4. The molecule has 0 saturated carbocycles. The Hall–Kier alpha value is -1.70. The first-order valence-corrected chi connectivity index (χ1v) is 10.6. The molecule has 0 amide bonds. The molecule has 7 heteroatoms. The summed E-state index contributed by atoms with van der Waals surface area (Å²) in [6, 6.07) is 7.99. The van der Waals surface area contributed by atoms with E-state index in [4.69, 9.17) is 0 Å². The lowest BCUT2D eigenvalue weighted by molar-refractivity contribution is 0.0851. The Kier molecular flexibility index (Phi) is 5.50. The summed E-state index contributed by atoms with van der Waals surface area (Å²) in [6.45, 7) is 10.2. The van der Waals surface area contributed by atoms with Crippen LogP contribution in [-0.2, 0) is 10.0 Å². The second kappa shape index (κ2) is 7.50. The maximum absolute atomic E-state index is 13.3. The highest BCUT2D eigenvalue weighted by molar-refractivity contribution is 7.89. The van der Waals surface area contributed by atoms with Crippen molar-refractivity contribution in [3.05, 3.63) is 42.2 Å². The fraction of sp³-hybridized carbons (Fsp3) is 0.526. The molecule has 2 aromatic rings. The lowest BCUT2D eigenvalue weighted by atomic mass is 10.1. The lowest BCUT2D eigenvalue weighted by Gasteiger charge is -2.42. The molecule has 0 N–H and O–H groups in total. The van der Waals surface area contributed by atoms with Gasteiger partial charge in [-0.3, -0.25) is 4.90 Å². The zero-order valence-electron chi connectivity index (χ0n) is 16.0. The molecule has 1 aromatic heterocycles. The van der Waals surface area contributed by atoms with Crippen LogP contribution in [0.1, 0.15) is 32.8 Å². The summed E-state index contributed by atoms with van der Waals surface area (Å²) in [7, 11) is -3.53. The summed E-state index contributed by atoms with van der Waals surface area (Å²) in [6.07, 6.45) is 4.44. The van der Waals surface area contributed by atoms with Gasteiger partial charge in [-0.2, -0.15) is 9.40 Å². The molecule has 1 atom stereocenters. The van der Waals surface area contributed by atoms with E-state index in [1.54, 1.807) is 21.3 Å². The zero-order chi connectivity index (χ0) is 18.9. The van der Waals surface area contributed by atoms with Crippen molar-refractivity contribution < 1.29 is 8.42 Å². The average molecular weight is 377 g/mol. The topological polar surface area (TPSA) is 58.4 Å². The first kappa shape index (κ1) is 19.1. The average Bonchev–Trinajstić information content (AvgIpc) is 3.15. The second-order valence-corrected chi connectivity index (χ2v) is 9.06. The largest absolute Gasteiger partial charge is 0.295 e. The van der Waals surface area contributed by atoms with Gasteiger partial charge in [0.1, 0.15) is 0 Å². The molecule has 1 aliphatic heterocycles. The number of aryl methyl sites for hydroxylation is 1. The fourth-order valence-electron chi connectivity index (χ4n) is 3.67. The van der Waals surface area contributed by atoms with E-state index in [0.717, 1.165) is 24.2 Å². The van der Waals surface area contributed by atoms with Gasteiger partial charge in [-0.1, -0.05) is 13.0 Å². The first-order chi connectivity index (χ1) is 12.3. The van der Waals surface area contributed by atoms with Crippen LogP contribution in [0.5, 0.6) is 0 Å². The van der Waals surface area contributed by atoms with Crippen LogP contribution >= 0.6 is 0 Å². The fourth-order valence-corrected chi connectivity index (χ4v) is 5.39. The van der Waals surface area contributed by atoms with E-state index in [9.17, 15) is 8.42 Å². The summed E-state index contributed by atoms with van der Waals surface area (Å²) in [5, 5.41) is 4.21. The molecule has 0 radical (unpaired) electrons. The second-order valence-electron chi connectivity index (χ2n) is 7.16. The van der Waals surface area contributed by atoms with Crippen molar-refractivity contribution in [2.75, 3.05) is 19.6 Å². The molecule has 1 unspecified atom stereocenters. The monoisotopic (exact) mass is 376 g/mol. The highest BCUT2D eigenvalue weighted by Gasteiger charge is 2.35. The molecule has 1 aliphatic rings. The maximum atomic E-state index is 13.3. The minimum absolute atomic E-state index is 0.258. The number of aromatic nitrogens is 2. The van der Waals surface area contributed by atoms with E-state index >= 15 is 0 Å². The molecule has 6 nitrogen and oxygen atoms in total. The van der Waals surface area contributed by atoms with Crippen LogP contribution in [0.2, 0.25) is 0 Å². The zero-order valence-corrected chi connectivity index (χ0v) is 16.8. The molecule has 26 heavy (non-hydrogen) atoms. The van der Waals surface area contributed by atoms with E-state index in [1.807, 2.05) is 31.3 Å². The molecule has 0 aliphatic carbocycles. The van der Waals surface area contributed by atoms with E-state index < -0.39 is 10.0 Å². The van der Waals surface area contributed by atoms with E-state index in [0.29, 0.717) is 24.0 Å². The van der Waals surface area contributed by atoms with Gasteiger partial charge in [0.05, 0.1) is 10.6 Å². The molecule has 1 fully saturated rings. The molecule has 3 rings (SSSR count). The van der Waals surface area contributed by atoms with Gasteiger partial charge in [-0.25, -0.2) is 13.1 Å². The van der Waals surface area contributed by atoms with Gasteiger partial charge in [0.2, 0.25) is 10.0 Å². The Morgan fingerprint density at radius 3 is 2.65 bits per heavy atom. The van der Waals surface area contributed by atoms with E-state index in [1.165, 1.54) is 0 Å². The summed E-state index contributed by atoms with van der Waals surface area (Å²) >= 11 is 0. The lowest BCUT2D eigenvalue weighted by Crippen LogP contribution is -2.56. The maximum Gasteiger partial charge on any atom is 0.243 e. The van der Waals surface area contributed by atoms with Gasteiger partial charge in [0.15, 0.2) is 0 Å². The highest BCUT2D eigenvalue weighted by atomic mass is 32.2. The minimum atomic E-state index is -3.53. The van der Waals surface area contributed by atoms with Crippen molar-refractivity contribution >= 4 is 10.0 Å². The number of hydrogen-bond donors (Lipinski definition) is 0. The molecular formula is C19H28N4O2S. The minimum Gasteiger partial charge on any atom is -0.295 e. The van der Waals surface area contributed by atoms with Gasteiger partial charge in [-0.15, -0.1) is 0 Å². The smallest absolute Gasteiger partial charge is 0.243 e. The molecule has 0 spiro atoms. The van der Waals surface area contributed by atoms with Crippen molar-refractivity contribution in [2.45, 2.75) is 51.1 Å². The van der Waals surface area contributed by atoms with Crippen LogP contribution in [0.15, 0.2) is 41.6 Å². The Bertz CT molecular complexity index is 846. The SMILES string of the molecule is CCC1CN(S(=O)(=O)c2cc(-n3cccn3)ccc2C)CCN1C(C)C. The Morgan fingerprint density at radius 2 is 2.04 bits per heavy atom. The molecule has 2 heterocycles. The van der Waals surface area contributed by atoms with Crippen molar-refractivity contribution in [1.82, 2.24) is 19.0 Å². The van der Waals surface area contributed by atoms with Gasteiger partial charge in [0, 0.05) is 44.1 Å². The van der Waals surface area contributed by atoms with Crippen molar-refractivity contribution in [1.29, 1.82) is 0 Å². The van der Waals surface area contributed by atoms with Crippen molar-refractivity contribution in [2.24, 2.45) is 0 Å². The van der Waals surface area contributed by atoms with Gasteiger partial charge < -0.3 is 0 Å². The summed E-state index contributed by atoms with van der Waals surface area (Å²) in [4.78, 5) is 2.78. The Balaban J connectivity index is 1.92. The van der Waals surface area contributed by atoms with Gasteiger partial charge in [0.25, 0.3) is 0 Å². The van der Waals surface area contributed by atoms with Gasteiger partial charge in [-0.05, 0) is 51.0 Å². The number of sulfonamides is 1. The summed E-state index contributed by atoms with van der Waals surface area (Å²) in [5.41, 5.74) is 1.52. The van der Waals surface area contributed by atoms with Crippen LogP contribution in [0.4, 0.5) is 0 Å². The molecule has 142 valence electrons. The third-order valence-electron chi connectivity index (χ3n) is 5.18. The predicted octanol–water partition coefficient (Wildman–Crippen LogP) is 2.67. The Morgan fingerprint density at radius 1 is 1.27 bits per heavy atom. The molecular weight excluding hydrogens is 348 g/mol. The normalized spacial score (nSPS) is 20.0. The molecule has 1 saturated heterocycles. The van der Waals surface area contributed by atoms with Gasteiger partial charge >= 0.3 is 0 Å². The summed E-state index contributed by atoms with van der Waals surface area (Å²) < 4.78 is 30.0. The van der Waals surface area contributed by atoms with Crippen LogP contribution in [0.3, 0.4) is 0 Å². The quantitative estimate of drug-likeness (QED) is 0.805. The number of rotatable bonds is 5. The third kappa shape index (κ3) is 3.56. The third-order valence-corrected chi connectivity index (χ3v) is 7.19. The van der Waals surface area contributed by atoms with Crippen molar-refractivity contribution in [3.8, 4) is 5.69 Å². The van der Waals surface area contributed by atoms with E-state index in [-0.39, 0.29) is 6.04 Å². The number of piperazine rings is 1. The highest BCUT2D eigenvalue weighted by Crippen LogP contribution is 2.26. The van der Waals surface area contributed by atoms with Crippen LogP contribution in [0, 0.1) is 6.92 Å².